The summed E-state index contributed by atoms with van der Waals surface area (Å²) in [5, 5.41) is 2.95. The molecule has 2 fully saturated rings. The molecule has 2 atom stereocenters. The molecule has 27 heavy (non-hydrogen) atoms. The molecular formula is C21H21FN2O3. The topological polar surface area (TPSA) is 58.6 Å². The van der Waals surface area contributed by atoms with Crippen molar-refractivity contribution < 1.29 is 18.7 Å². The molecule has 1 N–H and O–H groups in total. The van der Waals surface area contributed by atoms with Gasteiger partial charge in [-0.3, -0.25) is 9.59 Å². The van der Waals surface area contributed by atoms with Crippen molar-refractivity contribution >= 4 is 11.8 Å². The third-order valence-corrected chi connectivity index (χ3v) is 5.29. The predicted octanol–water partition coefficient (Wildman–Crippen LogP) is 2.76. The number of likely N-dealkylation sites (tertiary alicyclic amines) is 1. The summed E-state index contributed by atoms with van der Waals surface area (Å²) in [6.07, 6.45) is 1.42. The van der Waals surface area contributed by atoms with Crippen LogP contribution in [0.5, 0.6) is 5.75 Å². The number of nitrogens with zero attached hydrogens (tertiary/aromatic N) is 1. The van der Waals surface area contributed by atoms with Gasteiger partial charge in [0.15, 0.2) is 0 Å². The van der Waals surface area contributed by atoms with Gasteiger partial charge in [0.25, 0.3) is 5.91 Å². The molecule has 2 heterocycles. The largest absolute Gasteiger partial charge is 0.489 e. The number of hydrogen-bond acceptors (Lipinski definition) is 3. The summed E-state index contributed by atoms with van der Waals surface area (Å²) in [5.41, 5.74) is 1.06. The number of carbonyl (C=O) groups is 2. The molecule has 2 saturated heterocycles. The van der Waals surface area contributed by atoms with Crippen molar-refractivity contribution in [3.63, 3.8) is 0 Å². The van der Waals surface area contributed by atoms with Gasteiger partial charge >= 0.3 is 0 Å². The lowest BCUT2D eigenvalue weighted by molar-refractivity contribution is -0.119. The van der Waals surface area contributed by atoms with Gasteiger partial charge in [-0.15, -0.1) is 0 Å². The first kappa shape index (κ1) is 17.5. The number of ether oxygens (including phenoxy) is 1. The van der Waals surface area contributed by atoms with E-state index in [2.05, 4.69) is 5.32 Å². The van der Waals surface area contributed by atoms with Crippen LogP contribution in [0, 0.1) is 11.7 Å². The van der Waals surface area contributed by atoms with Crippen LogP contribution in [-0.2, 0) is 11.4 Å². The zero-order valence-corrected chi connectivity index (χ0v) is 14.9. The van der Waals surface area contributed by atoms with E-state index in [4.69, 9.17) is 4.74 Å². The summed E-state index contributed by atoms with van der Waals surface area (Å²) >= 11 is 0. The first-order valence-corrected chi connectivity index (χ1v) is 9.15. The molecule has 0 aromatic heterocycles. The summed E-state index contributed by atoms with van der Waals surface area (Å²) in [4.78, 5) is 26.0. The quantitative estimate of drug-likeness (QED) is 0.903. The zero-order chi connectivity index (χ0) is 18.8. The van der Waals surface area contributed by atoms with Crippen LogP contribution in [0.25, 0.3) is 0 Å². The third-order valence-electron chi connectivity index (χ3n) is 5.29. The molecular weight excluding hydrogens is 347 g/mol. The molecule has 2 aromatic rings. The number of halogens is 1. The minimum atomic E-state index is -0.299. The fourth-order valence-corrected chi connectivity index (χ4v) is 3.75. The Hall–Kier alpha value is -2.89. The standard InChI is InChI=1S/C21H21FN2O3/c22-18-4-2-1-3-16(18)13-27-17-7-5-14(6-8-17)21(26)24-10-9-15-11-20(25)23-19(15)12-24/h1-8,15,19H,9-13H2,(H,23,25)/t15-,19-/m1/s1. The Kier molecular flexibility index (Phi) is 4.79. The average molecular weight is 368 g/mol. The van der Waals surface area contributed by atoms with Crippen molar-refractivity contribution in [2.75, 3.05) is 13.1 Å². The highest BCUT2D eigenvalue weighted by atomic mass is 19.1. The lowest BCUT2D eigenvalue weighted by Gasteiger charge is -2.34. The smallest absolute Gasteiger partial charge is 0.253 e. The fraction of sp³-hybridized carbons (Fsp3) is 0.333. The highest BCUT2D eigenvalue weighted by molar-refractivity contribution is 5.94. The monoisotopic (exact) mass is 368 g/mol. The summed E-state index contributed by atoms with van der Waals surface area (Å²) in [7, 11) is 0. The molecule has 0 saturated carbocycles. The number of piperidine rings is 1. The van der Waals surface area contributed by atoms with Crippen molar-refractivity contribution in [1.82, 2.24) is 10.2 Å². The Bertz CT molecular complexity index is 853. The molecule has 2 aliphatic rings. The summed E-state index contributed by atoms with van der Waals surface area (Å²) in [5.74, 6) is 0.657. The van der Waals surface area contributed by atoms with Crippen LogP contribution in [0.3, 0.4) is 0 Å². The lowest BCUT2D eigenvalue weighted by atomic mass is 9.92. The lowest BCUT2D eigenvalue weighted by Crippen LogP contribution is -2.49. The normalized spacial score (nSPS) is 21.5. The maximum absolute atomic E-state index is 13.6. The molecule has 5 nitrogen and oxygen atoms in total. The molecule has 0 bridgehead atoms. The average Bonchev–Trinajstić information content (AvgIpc) is 3.06. The van der Waals surface area contributed by atoms with Gasteiger partial charge in [-0.1, -0.05) is 18.2 Å². The van der Waals surface area contributed by atoms with E-state index in [0.29, 0.717) is 42.3 Å². The molecule has 0 aliphatic carbocycles. The number of hydrogen-bond donors (Lipinski definition) is 1. The second-order valence-corrected chi connectivity index (χ2v) is 7.08. The summed E-state index contributed by atoms with van der Waals surface area (Å²) in [6, 6.07) is 13.4. The van der Waals surface area contributed by atoms with Gasteiger partial charge in [0.1, 0.15) is 18.2 Å². The summed E-state index contributed by atoms with van der Waals surface area (Å²) < 4.78 is 19.2. The Balaban J connectivity index is 1.36. The molecule has 2 amide bonds. The van der Waals surface area contributed by atoms with Gasteiger partial charge in [0, 0.05) is 36.7 Å². The van der Waals surface area contributed by atoms with Crippen molar-refractivity contribution in [3.05, 3.63) is 65.5 Å². The number of fused-ring (bicyclic) bond motifs is 1. The van der Waals surface area contributed by atoms with E-state index in [1.807, 2.05) is 0 Å². The van der Waals surface area contributed by atoms with Crippen LogP contribution in [-0.4, -0.2) is 35.8 Å². The molecule has 2 aromatic carbocycles. The number of benzene rings is 2. The van der Waals surface area contributed by atoms with E-state index >= 15 is 0 Å². The van der Waals surface area contributed by atoms with Crippen molar-refractivity contribution in [2.24, 2.45) is 5.92 Å². The van der Waals surface area contributed by atoms with Gasteiger partial charge < -0.3 is 15.0 Å². The van der Waals surface area contributed by atoms with E-state index in [0.717, 1.165) is 6.42 Å². The van der Waals surface area contributed by atoms with Crippen LogP contribution >= 0.6 is 0 Å². The first-order chi connectivity index (χ1) is 13.1. The van der Waals surface area contributed by atoms with Crippen LogP contribution < -0.4 is 10.1 Å². The zero-order valence-electron chi connectivity index (χ0n) is 14.9. The SMILES string of the molecule is O=C1C[C@H]2CCN(C(=O)c3ccc(OCc4ccccc4F)cc3)C[C@H]2N1. The molecule has 0 radical (unpaired) electrons. The van der Waals surface area contributed by atoms with Crippen LogP contribution in [0.15, 0.2) is 48.5 Å². The fourth-order valence-electron chi connectivity index (χ4n) is 3.75. The van der Waals surface area contributed by atoms with E-state index in [1.54, 1.807) is 47.4 Å². The maximum atomic E-state index is 13.6. The molecule has 0 unspecified atom stereocenters. The van der Waals surface area contributed by atoms with Crippen molar-refractivity contribution in [2.45, 2.75) is 25.5 Å². The molecule has 2 aliphatic heterocycles. The Morgan fingerprint density at radius 3 is 2.74 bits per heavy atom. The minimum absolute atomic E-state index is 0.0461. The highest BCUT2D eigenvalue weighted by Gasteiger charge is 2.38. The van der Waals surface area contributed by atoms with E-state index in [9.17, 15) is 14.0 Å². The molecule has 140 valence electrons. The van der Waals surface area contributed by atoms with Gasteiger partial charge in [0.05, 0.1) is 0 Å². The molecule has 0 spiro atoms. The number of carbonyl (C=O) groups excluding carboxylic acids is 2. The summed E-state index contributed by atoms with van der Waals surface area (Å²) in [6.45, 7) is 1.36. The van der Waals surface area contributed by atoms with E-state index in [-0.39, 0.29) is 30.3 Å². The van der Waals surface area contributed by atoms with Gasteiger partial charge in [-0.25, -0.2) is 4.39 Å². The number of amides is 2. The highest BCUT2D eigenvalue weighted by Crippen LogP contribution is 2.27. The van der Waals surface area contributed by atoms with Crippen molar-refractivity contribution in [3.8, 4) is 5.75 Å². The van der Waals surface area contributed by atoms with Crippen LogP contribution in [0.1, 0.15) is 28.8 Å². The van der Waals surface area contributed by atoms with Gasteiger partial charge in [-0.05, 0) is 42.7 Å². The molecule has 6 heteroatoms. The first-order valence-electron chi connectivity index (χ1n) is 9.15. The molecule has 4 rings (SSSR count). The Morgan fingerprint density at radius 1 is 1.19 bits per heavy atom. The third kappa shape index (κ3) is 3.79. The maximum Gasteiger partial charge on any atom is 0.253 e. The van der Waals surface area contributed by atoms with Crippen molar-refractivity contribution in [1.29, 1.82) is 0 Å². The van der Waals surface area contributed by atoms with Gasteiger partial charge in [-0.2, -0.15) is 0 Å². The number of rotatable bonds is 4. The predicted molar refractivity (Wildman–Crippen MR) is 97.7 cm³/mol. The number of nitrogens with one attached hydrogen (secondary N) is 1. The van der Waals surface area contributed by atoms with Gasteiger partial charge in [0.2, 0.25) is 5.91 Å². The van der Waals surface area contributed by atoms with Crippen LogP contribution in [0.2, 0.25) is 0 Å². The Morgan fingerprint density at radius 2 is 1.96 bits per heavy atom. The second-order valence-electron chi connectivity index (χ2n) is 7.08. The Labute approximate surface area is 157 Å². The van der Waals surface area contributed by atoms with E-state index in [1.165, 1.54) is 6.07 Å². The minimum Gasteiger partial charge on any atom is -0.489 e. The second kappa shape index (κ2) is 7.39. The van der Waals surface area contributed by atoms with E-state index < -0.39 is 0 Å². The van der Waals surface area contributed by atoms with Crippen LogP contribution in [0.4, 0.5) is 4.39 Å².